The van der Waals surface area contributed by atoms with Crippen LogP contribution in [0.1, 0.15) is 62.5 Å². The molecule has 2 amide bonds. The fourth-order valence-corrected chi connectivity index (χ4v) is 8.62. The summed E-state index contributed by atoms with van der Waals surface area (Å²) in [6.45, 7) is 0.285. The van der Waals surface area contributed by atoms with E-state index in [2.05, 4.69) is 10.6 Å². The first-order chi connectivity index (χ1) is 20.0. The zero-order chi connectivity index (χ0) is 30.0. The predicted octanol–water partition coefficient (Wildman–Crippen LogP) is 6.30. The van der Waals surface area contributed by atoms with E-state index in [4.69, 9.17) is 0 Å². The van der Waals surface area contributed by atoms with E-state index in [1.54, 1.807) is 24.3 Å². The Morgan fingerprint density at radius 2 is 1.74 bits per heavy atom. The van der Waals surface area contributed by atoms with Gasteiger partial charge in [-0.3, -0.25) is 14.2 Å². The number of nitrogens with one attached hydrogen (secondary N) is 2. The van der Waals surface area contributed by atoms with Crippen LogP contribution >= 0.6 is 7.37 Å². The Kier molecular flexibility index (Phi) is 8.86. The summed E-state index contributed by atoms with van der Waals surface area (Å²) in [5.74, 6) is -1.23. The van der Waals surface area contributed by atoms with Gasteiger partial charge in [0.1, 0.15) is 17.4 Å². The third kappa shape index (κ3) is 6.45. The lowest BCUT2D eigenvalue weighted by Crippen LogP contribution is -2.53. The molecular weight excluding hydrogens is 566 g/mol. The van der Waals surface area contributed by atoms with Crippen molar-refractivity contribution in [1.29, 1.82) is 0 Å². The van der Waals surface area contributed by atoms with Crippen LogP contribution in [0.4, 0.5) is 18.9 Å². The fourth-order valence-electron chi connectivity index (χ4n) is 6.26. The molecule has 5 rings (SSSR count). The van der Waals surface area contributed by atoms with Crippen LogP contribution in [0.15, 0.2) is 66.7 Å². The summed E-state index contributed by atoms with van der Waals surface area (Å²) in [5, 5.41) is 4.45. The first kappa shape index (κ1) is 30.4. The number of carbonyl (C=O) groups excluding carboxylic acids is 2. The van der Waals surface area contributed by atoms with Crippen LogP contribution in [0.25, 0.3) is 0 Å². The van der Waals surface area contributed by atoms with Gasteiger partial charge in [0.25, 0.3) is 0 Å². The van der Waals surface area contributed by atoms with Gasteiger partial charge >= 0.3 is 6.18 Å². The molecule has 2 aliphatic heterocycles. The molecule has 2 heterocycles. The lowest BCUT2D eigenvalue weighted by atomic mass is 10.0. The van der Waals surface area contributed by atoms with E-state index >= 15 is 0 Å². The highest BCUT2D eigenvalue weighted by Crippen LogP contribution is 2.71. The molecule has 2 aromatic rings. The predicted molar refractivity (Wildman–Crippen MR) is 155 cm³/mol. The Morgan fingerprint density at radius 1 is 1.00 bits per heavy atom. The summed E-state index contributed by atoms with van der Waals surface area (Å²) in [6, 6.07) is 12.2. The molecule has 0 aromatic heterocycles. The van der Waals surface area contributed by atoms with Gasteiger partial charge in [-0.25, -0.2) is 0 Å². The molecule has 226 valence electrons. The first-order valence-electron chi connectivity index (χ1n) is 14.6. The molecule has 1 aliphatic carbocycles. The van der Waals surface area contributed by atoms with Crippen LogP contribution in [0.5, 0.6) is 0 Å². The summed E-state index contributed by atoms with van der Waals surface area (Å²) in [4.78, 5) is 40.4. The van der Waals surface area contributed by atoms with E-state index in [9.17, 15) is 32.2 Å². The molecule has 1 unspecified atom stereocenters. The van der Waals surface area contributed by atoms with Crippen LogP contribution in [0, 0.1) is 5.92 Å². The van der Waals surface area contributed by atoms with Crippen LogP contribution in [-0.4, -0.2) is 45.5 Å². The highest BCUT2D eigenvalue weighted by molar-refractivity contribution is 7.59. The minimum absolute atomic E-state index is 0.0869. The third-order valence-electron chi connectivity index (χ3n) is 8.62. The number of benzene rings is 2. The van der Waals surface area contributed by atoms with Gasteiger partial charge in [-0.1, -0.05) is 67.5 Å². The average Bonchev–Trinajstić information content (AvgIpc) is 3.42. The van der Waals surface area contributed by atoms with Crippen molar-refractivity contribution in [3.05, 3.63) is 77.9 Å². The standard InChI is InChI=1S/C31H37F3N3O4P/c32-31(33,34)24-15-9-10-16-25(24)35-26-17-8-3-1-2-7-14-23-20-30(23,42(40,41)21-22-12-5-4-6-13-22)36-28(38)27-18-11-19-37(27)29(26)39/h4-7,9-10,12-16,23,26-27,35H,1-3,8,11,17-21H2,(H,36,38)(H,40,41)/b14-7-/t23-,26+,27+,30+/m1/s1. The Hall–Kier alpha value is -3.10. The average molecular weight is 604 g/mol. The number of carbonyl (C=O) groups is 2. The molecule has 2 fully saturated rings. The molecule has 3 aliphatic rings. The number of nitrogens with zero attached hydrogens (tertiary/aromatic N) is 1. The quantitative estimate of drug-likeness (QED) is 0.275. The molecule has 0 bridgehead atoms. The first-order valence-corrected chi connectivity index (χ1v) is 16.4. The highest BCUT2D eigenvalue weighted by atomic mass is 31.2. The topological polar surface area (TPSA) is 98.7 Å². The van der Waals surface area contributed by atoms with Crippen molar-refractivity contribution < 1.29 is 32.2 Å². The fraction of sp³-hybridized carbons (Fsp3) is 0.484. The van der Waals surface area contributed by atoms with E-state index in [1.807, 2.05) is 18.2 Å². The number of anilines is 1. The van der Waals surface area contributed by atoms with E-state index < -0.39 is 48.3 Å². The van der Waals surface area contributed by atoms with Crippen LogP contribution in [-0.2, 0) is 26.5 Å². The number of amides is 2. The van der Waals surface area contributed by atoms with Crippen molar-refractivity contribution in [2.75, 3.05) is 11.9 Å². The second-order valence-corrected chi connectivity index (χ2v) is 14.1. The molecule has 5 atom stereocenters. The highest BCUT2D eigenvalue weighted by Gasteiger charge is 2.65. The number of hydrogen-bond donors (Lipinski definition) is 3. The van der Waals surface area contributed by atoms with Crippen molar-refractivity contribution in [2.24, 2.45) is 5.92 Å². The zero-order valence-electron chi connectivity index (χ0n) is 23.4. The van der Waals surface area contributed by atoms with Crippen molar-refractivity contribution in [2.45, 2.75) is 81.1 Å². The summed E-state index contributed by atoms with van der Waals surface area (Å²) in [6.07, 6.45) is 3.67. The van der Waals surface area contributed by atoms with Crippen molar-refractivity contribution in [3.8, 4) is 0 Å². The Morgan fingerprint density at radius 3 is 2.50 bits per heavy atom. The second-order valence-electron chi connectivity index (χ2n) is 11.6. The van der Waals surface area contributed by atoms with Crippen molar-refractivity contribution in [1.82, 2.24) is 10.2 Å². The molecule has 3 N–H and O–H groups in total. The number of rotatable bonds is 5. The molecular formula is C31H37F3N3O4P. The molecule has 7 nitrogen and oxygen atoms in total. The second kappa shape index (κ2) is 12.3. The minimum atomic E-state index is -4.60. The SMILES string of the molecule is O=C1N[C@]2(P(=O)(O)Cc3ccccc3)C[C@H]2/C=C\CCCCC[C@H](Nc2ccccc2C(F)(F)F)C(=O)N2CCC[C@@H]12. The number of hydrogen-bond acceptors (Lipinski definition) is 4. The van der Waals surface area contributed by atoms with Gasteiger partial charge < -0.3 is 20.4 Å². The van der Waals surface area contributed by atoms with E-state index in [0.717, 1.165) is 18.9 Å². The maximum Gasteiger partial charge on any atom is 0.418 e. The summed E-state index contributed by atoms with van der Waals surface area (Å²) in [7, 11) is -3.94. The summed E-state index contributed by atoms with van der Waals surface area (Å²) in [5.41, 5.74) is -0.331. The minimum Gasteiger partial charge on any atom is -0.373 e. The van der Waals surface area contributed by atoms with Crippen LogP contribution < -0.4 is 10.6 Å². The molecule has 42 heavy (non-hydrogen) atoms. The normalized spacial score (nSPS) is 29.2. The molecule has 1 saturated carbocycles. The van der Waals surface area contributed by atoms with E-state index in [1.165, 1.54) is 23.1 Å². The van der Waals surface area contributed by atoms with Crippen LogP contribution in [0.3, 0.4) is 0 Å². The van der Waals surface area contributed by atoms with Gasteiger partial charge in [0, 0.05) is 18.2 Å². The Bertz CT molecular complexity index is 1370. The van der Waals surface area contributed by atoms with Gasteiger partial charge in [0.2, 0.25) is 19.2 Å². The van der Waals surface area contributed by atoms with Gasteiger partial charge in [-0.2, -0.15) is 13.2 Å². The number of fused-ring (bicyclic) bond motifs is 2. The van der Waals surface area contributed by atoms with Crippen molar-refractivity contribution >= 4 is 24.9 Å². The van der Waals surface area contributed by atoms with E-state index in [0.29, 0.717) is 44.1 Å². The molecule has 11 heteroatoms. The molecule has 2 aromatic carbocycles. The van der Waals surface area contributed by atoms with Gasteiger partial charge in [0.15, 0.2) is 0 Å². The lowest BCUT2D eigenvalue weighted by molar-refractivity contribution is -0.139. The van der Waals surface area contributed by atoms with Crippen molar-refractivity contribution in [3.63, 3.8) is 0 Å². The maximum atomic E-state index is 13.9. The monoisotopic (exact) mass is 603 g/mol. The number of alkyl halides is 3. The maximum absolute atomic E-state index is 13.9. The van der Waals surface area contributed by atoms with Crippen LogP contribution in [0.2, 0.25) is 0 Å². The lowest BCUT2D eigenvalue weighted by Gasteiger charge is -2.32. The molecule has 0 spiro atoms. The van der Waals surface area contributed by atoms with Gasteiger partial charge in [-0.05, 0) is 56.2 Å². The Labute approximate surface area is 244 Å². The molecule has 1 saturated heterocycles. The smallest absolute Gasteiger partial charge is 0.373 e. The summed E-state index contributed by atoms with van der Waals surface area (Å²) >= 11 is 0. The van der Waals surface area contributed by atoms with E-state index in [-0.39, 0.29) is 24.3 Å². The molecule has 0 radical (unpaired) electrons. The van der Waals surface area contributed by atoms with Gasteiger partial charge in [-0.15, -0.1) is 0 Å². The number of para-hydroxylation sites is 1. The zero-order valence-corrected chi connectivity index (χ0v) is 24.2. The van der Waals surface area contributed by atoms with Gasteiger partial charge in [0.05, 0.1) is 11.7 Å². The summed E-state index contributed by atoms with van der Waals surface area (Å²) < 4.78 is 55.1. The Balaban J connectivity index is 1.42. The number of allylic oxidation sites excluding steroid dienone is 1. The third-order valence-corrected chi connectivity index (χ3v) is 11.3. The largest absolute Gasteiger partial charge is 0.418 e. The number of halogens is 3.